The largest absolute Gasteiger partial charge is 0.493 e. The molecule has 0 bridgehead atoms. The lowest BCUT2D eigenvalue weighted by Crippen LogP contribution is -2.29. The number of aryl methyl sites for hydroxylation is 1. The fraction of sp³-hybridized carbons (Fsp3) is 0.304. The van der Waals surface area contributed by atoms with E-state index in [2.05, 4.69) is 12.2 Å². The molecule has 0 aliphatic rings. The number of benzene rings is 2. The zero-order valence-electron chi connectivity index (χ0n) is 17.2. The Morgan fingerprint density at radius 2 is 1.79 bits per heavy atom. The van der Waals surface area contributed by atoms with E-state index >= 15 is 0 Å². The topological polar surface area (TPSA) is 73.9 Å². The highest BCUT2D eigenvalue weighted by Gasteiger charge is 2.16. The number of carbonyl (C=O) groups is 2. The number of rotatable bonds is 9. The Hall–Kier alpha value is -3.28. The fourth-order valence-corrected chi connectivity index (χ4v) is 2.56. The van der Waals surface area contributed by atoms with Crippen molar-refractivity contribution in [3.8, 4) is 11.5 Å². The van der Waals surface area contributed by atoms with Gasteiger partial charge in [0.25, 0.3) is 5.91 Å². The minimum Gasteiger partial charge on any atom is -0.493 e. The van der Waals surface area contributed by atoms with Crippen molar-refractivity contribution in [2.24, 2.45) is 0 Å². The average Bonchev–Trinajstić information content (AvgIpc) is 2.73. The zero-order chi connectivity index (χ0) is 21.2. The highest BCUT2D eigenvalue weighted by atomic mass is 16.5. The van der Waals surface area contributed by atoms with Crippen molar-refractivity contribution in [1.29, 1.82) is 0 Å². The SMILES string of the molecule is CCOc1ccc(/C=C/C(=O)O[C@@H](C)C(=O)Nc2ccc(CC)cc2)cc1OC. The monoisotopic (exact) mass is 397 g/mol. The Labute approximate surface area is 171 Å². The Bertz CT molecular complexity index is 858. The van der Waals surface area contributed by atoms with E-state index in [9.17, 15) is 9.59 Å². The summed E-state index contributed by atoms with van der Waals surface area (Å²) in [5, 5.41) is 2.73. The van der Waals surface area contributed by atoms with Crippen LogP contribution in [0.1, 0.15) is 31.9 Å². The van der Waals surface area contributed by atoms with Gasteiger partial charge in [0, 0.05) is 11.8 Å². The minimum atomic E-state index is -0.923. The van der Waals surface area contributed by atoms with E-state index in [1.807, 2.05) is 31.2 Å². The second kappa shape index (κ2) is 10.9. The molecule has 1 atom stereocenters. The van der Waals surface area contributed by atoms with Crippen LogP contribution in [0.2, 0.25) is 0 Å². The number of hydrogen-bond acceptors (Lipinski definition) is 5. The van der Waals surface area contributed by atoms with Crippen molar-refractivity contribution >= 4 is 23.6 Å². The van der Waals surface area contributed by atoms with Gasteiger partial charge in [0.05, 0.1) is 13.7 Å². The van der Waals surface area contributed by atoms with Crippen molar-refractivity contribution in [3.05, 3.63) is 59.7 Å². The molecule has 0 saturated heterocycles. The molecule has 0 fully saturated rings. The van der Waals surface area contributed by atoms with Gasteiger partial charge in [-0.1, -0.05) is 25.1 Å². The van der Waals surface area contributed by atoms with Gasteiger partial charge in [0.1, 0.15) is 0 Å². The molecule has 6 heteroatoms. The highest BCUT2D eigenvalue weighted by Crippen LogP contribution is 2.28. The number of amides is 1. The molecule has 2 aromatic carbocycles. The number of hydrogen-bond donors (Lipinski definition) is 1. The molecule has 154 valence electrons. The van der Waals surface area contributed by atoms with Crippen LogP contribution in [0, 0.1) is 0 Å². The number of methoxy groups -OCH3 is 1. The van der Waals surface area contributed by atoms with Gasteiger partial charge >= 0.3 is 5.97 Å². The third-order valence-electron chi connectivity index (χ3n) is 4.19. The summed E-state index contributed by atoms with van der Waals surface area (Å²) in [6, 6.07) is 12.9. The van der Waals surface area contributed by atoms with E-state index in [-0.39, 0.29) is 0 Å². The van der Waals surface area contributed by atoms with Crippen molar-refractivity contribution in [2.75, 3.05) is 19.0 Å². The maximum Gasteiger partial charge on any atom is 0.331 e. The van der Waals surface area contributed by atoms with Crippen molar-refractivity contribution in [3.63, 3.8) is 0 Å². The van der Waals surface area contributed by atoms with Crippen LogP contribution in [0.3, 0.4) is 0 Å². The Kier molecular flexibility index (Phi) is 8.27. The van der Waals surface area contributed by atoms with Crippen molar-refractivity contribution < 1.29 is 23.8 Å². The molecular formula is C23H27NO5. The summed E-state index contributed by atoms with van der Waals surface area (Å²) in [6.45, 7) is 6.01. The van der Waals surface area contributed by atoms with Crippen molar-refractivity contribution in [1.82, 2.24) is 0 Å². The molecule has 1 amide bonds. The second-order valence-corrected chi connectivity index (χ2v) is 6.30. The summed E-state index contributed by atoms with van der Waals surface area (Å²) >= 11 is 0. The number of anilines is 1. The Morgan fingerprint density at radius 3 is 2.41 bits per heavy atom. The van der Waals surface area contributed by atoms with Crippen LogP contribution in [0.4, 0.5) is 5.69 Å². The van der Waals surface area contributed by atoms with Gasteiger partial charge in [-0.3, -0.25) is 4.79 Å². The van der Waals surface area contributed by atoms with Crippen LogP contribution < -0.4 is 14.8 Å². The summed E-state index contributed by atoms with van der Waals surface area (Å²) in [5.74, 6) is 0.205. The smallest absolute Gasteiger partial charge is 0.331 e. The van der Waals surface area contributed by atoms with Crippen LogP contribution in [0.25, 0.3) is 6.08 Å². The van der Waals surface area contributed by atoms with Gasteiger partial charge < -0.3 is 19.5 Å². The molecule has 0 aliphatic heterocycles. The molecule has 0 unspecified atom stereocenters. The lowest BCUT2D eigenvalue weighted by Gasteiger charge is -2.12. The van der Waals surface area contributed by atoms with Crippen LogP contribution >= 0.6 is 0 Å². The maximum absolute atomic E-state index is 12.2. The standard InChI is InChI=1S/C23H27NO5/c1-5-17-7-11-19(12-8-17)24-23(26)16(3)29-22(25)14-10-18-9-13-20(28-6-2)21(15-18)27-4/h7-16H,5-6H2,1-4H3,(H,24,26)/b14-10+/t16-/m0/s1. The van der Waals surface area contributed by atoms with Gasteiger partial charge in [0.2, 0.25) is 0 Å². The van der Waals surface area contributed by atoms with E-state index in [4.69, 9.17) is 14.2 Å². The van der Waals surface area contributed by atoms with E-state index in [0.29, 0.717) is 23.8 Å². The van der Waals surface area contributed by atoms with Gasteiger partial charge in [-0.05, 0) is 61.7 Å². The summed E-state index contributed by atoms with van der Waals surface area (Å²) in [5.41, 5.74) is 2.58. The molecule has 1 N–H and O–H groups in total. The van der Waals surface area contributed by atoms with E-state index in [1.165, 1.54) is 18.6 Å². The average molecular weight is 397 g/mol. The van der Waals surface area contributed by atoms with E-state index in [0.717, 1.165) is 12.0 Å². The van der Waals surface area contributed by atoms with Gasteiger partial charge in [-0.25, -0.2) is 4.79 Å². The van der Waals surface area contributed by atoms with Gasteiger partial charge in [-0.2, -0.15) is 0 Å². The molecule has 2 rings (SSSR count). The van der Waals surface area contributed by atoms with Gasteiger partial charge in [0.15, 0.2) is 17.6 Å². The van der Waals surface area contributed by atoms with Crippen LogP contribution in [0.5, 0.6) is 11.5 Å². The minimum absolute atomic E-state index is 0.390. The molecule has 29 heavy (non-hydrogen) atoms. The molecule has 0 saturated carbocycles. The lowest BCUT2D eigenvalue weighted by molar-refractivity contribution is -0.148. The summed E-state index contributed by atoms with van der Waals surface area (Å²) in [4.78, 5) is 24.3. The molecule has 2 aromatic rings. The predicted molar refractivity (Wildman–Crippen MR) is 113 cm³/mol. The second-order valence-electron chi connectivity index (χ2n) is 6.30. The maximum atomic E-state index is 12.2. The first-order valence-electron chi connectivity index (χ1n) is 9.56. The molecule has 0 aromatic heterocycles. The van der Waals surface area contributed by atoms with Crippen LogP contribution in [-0.4, -0.2) is 31.7 Å². The zero-order valence-corrected chi connectivity index (χ0v) is 17.2. The van der Waals surface area contributed by atoms with Crippen LogP contribution in [-0.2, 0) is 20.7 Å². The number of nitrogens with one attached hydrogen (secondary N) is 1. The van der Waals surface area contributed by atoms with Crippen LogP contribution in [0.15, 0.2) is 48.5 Å². The Morgan fingerprint density at radius 1 is 1.07 bits per heavy atom. The molecule has 0 radical (unpaired) electrons. The summed E-state index contributed by atoms with van der Waals surface area (Å²) in [6.07, 6.45) is 2.87. The summed E-state index contributed by atoms with van der Waals surface area (Å²) in [7, 11) is 1.55. The summed E-state index contributed by atoms with van der Waals surface area (Å²) < 4.78 is 15.9. The third kappa shape index (κ3) is 6.68. The fourth-order valence-electron chi connectivity index (χ4n) is 2.56. The van der Waals surface area contributed by atoms with Crippen molar-refractivity contribution in [2.45, 2.75) is 33.3 Å². The number of ether oxygens (including phenoxy) is 3. The third-order valence-corrected chi connectivity index (χ3v) is 4.19. The first kappa shape index (κ1) is 22.0. The normalized spacial score (nSPS) is 11.7. The van der Waals surface area contributed by atoms with Gasteiger partial charge in [-0.15, -0.1) is 0 Å². The number of carbonyl (C=O) groups excluding carboxylic acids is 2. The first-order chi connectivity index (χ1) is 14.0. The van der Waals surface area contributed by atoms with E-state index < -0.39 is 18.0 Å². The first-order valence-corrected chi connectivity index (χ1v) is 9.56. The molecule has 6 nitrogen and oxygen atoms in total. The number of esters is 1. The quantitative estimate of drug-likeness (QED) is 0.506. The molecular weight excluding hydrogens is 370 g/mol. The predicted octanol–water partition coefficient (Wildman–Crippen LogP) is 4.24. The van der Waals surface area contributed by atoms with E-state index in [1.54, 1.807) is 31.4 Å². The molecule has 0 aliphatic carbocycles. The molecule has 0 spiro atoms. The lowest BCUT2D eigenvalue weighted by atomic mass is 10.1. The molecule has 0 heterocycles. The highest BCUT2D eigenvalue weighted by molar-refractivity contribution is 5.96. The Balaban J connectivity index is 1.92.